The molecular weight excluding hydrogens is 404 g/mol. The van der Waals surface area contributed by atoms with Gasteiger partial charge in [0.2, 0.25) is 6.79 Å². The largest absolute Gasteiger partial charge is 0.465 e. The number of hydrogen-bond donors (Lipinski definition) is 0. The first-order chi connectivity index (χ1) is 13.7. The Morgan fingerprint density at radius 3 is 2.62 bits per heavy atom. The maximum atomic E-state index is 13.3. The smallest absolute Gasteiger partial charge is 0.326 e. The fourth-order valence-electron chi connectivity index (χ4n) is 2.75. The van der Waals surface area contributed by atoms with Gasteiger partial charge in [0.25, 0.3) is 15.7 Å². The number of benzene rings is 2. The molecule has 1 aliphatic heterocycles. The Hall–Kier alpha value is -3.34. The maximum absolute atomic E-state index is 13.3. The Morgan fingerprint density at radius 2 is 1.93 bits per heavy atom. The number of esters is 1. The summed E-state index contributed by atoms with van der Waals surface area (Å²) in [7, 11) is -4.33. The molecule has 10 nitrogen and oxygen atoms in total. The fourth-order valence-corrected chi connectivity index (χ4v) is 4.17. The topological polar surface area (TPSA) is 125 Å². The molecule has 2 aromatic rings. The Labute approximate surface area is 166 Å². The van der Waals surface area contributed by atoms with Crippen LogP contribution in [0.4, 0.5) is 11.4 Å². The first kappa shape index (κ1) is 20.4. The average Bonchev–Trinajstić information content (AvgIpc) is 3.14. The zero-order chi connectivity index (χ0) is 21.2. The highest BCUT2D eigenvalue weighted by molar-refractivity contribution is 7.92. The fraction of sp³-hybridized carbons (Fsp3) is 0.278. The van der Waals surface area contributed by atoms with Gasteiger partial charge >= 0.3 is 5.97 Å². The van der Waals surface area contributed by atoms with E-state index in [1.165, 1.54) is 37.3 Å². The van der Waals surface area contributed by atoms with Gasteiger partial charge in [0.15, 0.2) is 11.5 Å². The molecular formula is C18H18N2O8S. The van der Waals surface area contributed by atoms with Gasteiger partial charge in [-0.05, 0) is 32.0 Å². The molecule has 2 aromatic carbocycles. The van der Waals surface area contributed by atoms with Crippen LogP contribution in [0.15, 0.2) is 41.3 Å². The molecule has 0 aliphatic carbocycles. The van der Waals surface area contributed by atoms with Crippen molar-refractivity contribution in [2.75, 3.05) is 24.2 Å². The third-order valence-electron chi connectivity index (χ3n) is 4.19. The molecule has 3 rings (SSSR count). The molecule has 0 saturated carbocycles. The summed E-state index contributed by atoms with van der Waals surface area (Å²) >= 11 is 0. The maximum Gasteiger partial charge on any atom is 0.326 e. The molecule has 1 aliphatic rings. The van der Waals surface area contributed by atoms with E-state index in [0.29, 0.717) is 17.1 Å². The third-order valence-corrected chi connectivity index (χ3v) is 5.96. The van der Waals surface area contributed by atoms with Crippen LogP contribution in [0.1, 0.15) is 12.5 Å². The van der Waals surface area contributed by atoms with Crippen molar-refractivity contribution in [3.63, 3.8) is 0 Å². The highest BCUT2D eigenvalue weighted by Crippen LogP contribution is 2.37. The molecule has 154 valence electrons. The van der Waals surface area contributed by atoms with Crippen LogP contribution in [-0.2, 0) is 19.6 Å². The lowest BCUT2D eigenvalue weighted by Gasteiger charge is -2.24. The van der Waals surface area contributed by atoms with Crippen LogP contribution in [0, 0.1) is 17.0 Å². The van der Waals surface area contributed by atoms with E-state index in [2.05, 4.69) is 0 Å². The van der Waals surface area contributed by atoms with E-state index in [4.69, 9.17) is 14.2 Å². The Bertz CT molecular complexity index is 1070. The summed E-state index contributed by atoms with van der Waals surface area (Å²) < 4.78 is 42.8. The molecule has 0 saturated heterocycles. The molecule has 0 amide bonds. The quantitative estimate of drug-likeness (QED) is 0.378. The molecule has 0 atom stereocenters. The predicted molar refractivity (Wildman–Crippen MR) is 102 cm³/mol. The lowest BCUT2D eigenvalue weighted by Crippen LogP contribution is -2.36. The second-order valence-electron chi connectivity index (χ2n) is 6.06. The number of sulfonamides is 1. The highest BCUT2D eigenvalue weighted by Gasteiger charge is 2.31. The van der Waals surface area contributed by atoms with Gasteiger partial charge in [0.1, 0.15) is 6.54 Å². The molecule has 11 heteroatoms. The zero-order valence-electron chi connectivity index (χ0n) is 15.7. The van der Waals surface area contributed by atoms with E-state index < -0.39 is 27.5 Å². The molecule has 29 heavy (non-hydrogen) atoms. The number of carbonyl (C=O) groups excluding carboxylic acids is 1. The van der Waals surface area contributed by atoms with Crippen molar-refractivity contribution >= 4 is 27.4 Å². The second kappa shape index (κ2) is 7.95. The van der Waals surface area contributed by atoms with Gasteiger partial charge in [-0.3, -0.25) is 19.2 Å². The SMILES string of the molecule is CCOC(=O)CN(c1ccc2c(c1)OCO2)S(=O)(=O)c1ccc(C)c([N+](=O)[O-])c1. The van der Waals surface area contributed by atoms with Crippen LogP contribution in [0.5, 0.6) is 11.5 Å². The van der Waals surface area contributed by atoms with Crippen molar-refractivity contribution < 1.29 is 32.3 Å². The molecule has 0 bridgehead atoms. The number of nitro groups is 1. The first-order valence-electron chi connectivity index (χ1n) is 8.57. The molecule has 1 heterocycles. The summed E-state index contributed by atoms with van der Waals surface area (Å²) in [5.74, 6) is -0.00925. The number of nitro benzene ring substituents is 1. The molecule has 0 N–H and O–H groups in total. The second-order valence-corrected chi connectivity index (χ2v) is 7.92. The molecule has 0 aromatic heterocycles. The van der Waals surface area contributed by atoms with Crippen LogP contribution < -0.4 is 13.8 Å². The molecule has 0 unspecified atom stereocenters. The number of aryl methyl sites for hydroxylation is 1. The van der Waals surface area contributed by atoms with Crippen molar-refractivity contribution in [2.24, 2.45) is 0 Å². The highest BCUT2D eigenvalue weighted by atomic mass is 32.2. The predicted octanol–water partition coefficient (Wildman–Crippen LogP) is 2.39. The minimum atomic E-state index is -4.33. The number of fused-ring (bicyclic) bond motifs is 1. The number of ether oxygens (including phenoxy) is 3. The summed E-state index contributed by atoms with van der Waals surface area (Å²) in [6, 6.07) is 7.95. The van der Waals surface area contributed by atoms with Gasteiger partial charge in [0, 0.05) is 17.7 Å². The van der Waals surface area contributed by atoms with E-state index in [0.717, 1.165) is 10.4 Å². The minimum absolute atomic E-state index is 0.00638. The molecule has 0 radical (unpaired) electrons. The average molecular weight is 422 g/mol. The number of carbonyl (C=O) groups is 1. The van der Waals surface area contributed by atoms with E-state index in [1.807, 2.05) is 0 Å². The van der Waals surface area contributed by atoms with Gasteiger partial charge in [-0.1, -0.05) is 6.07 Å². The summed E-state index contributed by atoms with van der Waals surface area (Å²) in [5, 5.41) is 11.2. The van der Waals surface area contributed by atoms with Crippen molar-refractivity contribution in [3.8, 4) is 11.5 Å². The number of nitrogens with zero attached hydrogens (tertiary/aromatic N) is 2. The van der Waals surface area contributed by atoms with Crippen LogP contribution >= 0.6 is 0 Å². The minimum Gasteiger partial charge on any atom is -0.465 e. The van der Waals surface area contributed by atoms with Crippen LogP contribution in [0.3, 0.4) is 0 Å². The van der Waals surface area contributed by atoms with E-state index in [1.54, 1.807) is 6.92 Å². The standard InChI is InChI=1S/C18H18N2O8S/c1-3-26-18(21)10-19(13-5-7-16-17(8-13)28-11-27-16)29(24,25)14-6-4-12(2)15(9-14)20(22)23/h4-9H,3,10-11H2,1-2H3. The lowest BCUT2D eigenvalue weighted by atomic mass is 10.2. The van der Waals surface area contributed by atoms with Crippen molar-refractivity contribution in [1.82, 2.24) is 0 Å². The summed E-state index contributed by atoms with van der Waals surface area (Å²) in [4.78, 5) is 22.3. The number of anilines is 1. The van der Waals surface area contributed by atoms with Crippen LogP contribution in [0.25, 0.3) is 0 Å². The van der Waals surface area contributed by atoms with Crippen molar-refractivity contribution in [2.45, 2.75) is 18.7 Å². The van der Waals surface area contributed by atoms with Gasteiger partial charge < -0.3 is 14.2 Å². The van der Waals surface area contributed by atoms with E-state index >= 15 is 0 Å². The van der Waals surface area contributed by atoms with E-state index in [-0.39, 0.29) is 29.7 Å². The van der Waals surface area contributed by atoms with Gasteiger partial charge in [-0.15, -0.1) is 0 Å². The number of hydrogen-bond acceptors (Lipinski definition) is 8. The Balaban J connectivity index is 2.08. The monoisotopic (exact) mass is 422 g/mol. The van der Waals surface area contributed by atoms with Gasteiger partial charge in [-0.25, -0.2) is 8.42 Å². The molecule has 0 fully saturated rings. The van der Waals surface area contributed by atoms with E-state index in [9.17, 15) is 23.3 Å². The normalized spacial score (nSPS) is 12.5. The van der Waals surface area contributed by atoms with Crippen LogP contribution in [-0.4, -0.2) is 39.3 Å². The summed E-state index contributed by atoms with van der Waals surface area (Å²) in [6.07, 6.45) is 0. The third kappa shape index (κ3) is 4.09. The van der Waals surface area contributed by atoms with Crippen LogP contribution in [0.2, 0.25) is 0 Å². The van der Waals surface area contributed by atoms with Crippen molar-refractivity contribution in [1.29, 1.82) is 0 Å². The first-order valence-corrected chi connectivity index (χ1v) is 10.0. The Kier molecular flexibility index (Phi) is 5.59. The van der Waals surface area contributed by atoms with Gasteiger partial charge in [-0.2, -0.15) is 0 Å². The summed E-state index contributed by atoms with van der Waals surface area (Å²) in [6.45, 7) is 2.55. The van der Waals surface area contributed by atoms with Crippen molar-refractivity contribution in [3.05, 3.63) is 52.1 Å². The zero-order valence-corrected chi connectivity index (χ0v) is 16.5. The lowest BCUT2D eigenvalue weighted by molar-refractivity contribution is -0.385. The number of rotatable bonds is 7. The summed E-state index contributed by atoms with van der Waals surface area (Å²) in [5.41, 5.74) is 0.104. The Morgan fingerprint density at radius 1 is 1.21 bits per heavy atom. The van der Waals surface area contributed by atoms with Gasteiger partial charge in [0.05, 0.1) is 22.1 Å². The molecule has 0 spiro atoms.